The monoisotopic (exact) mass is 355 g/mol. The first-order chi connectivity index (χ1) is 12.7. The number of methoxy groups -OCH3 is 1. The van der Waals surface area contributed by atoms with E-state index in [4.69, 9.17) is 9.47 Å². The van der Waals surface area contributed by atoms with Gasteiger partial charge in [-0.3, -0.25) is 0 Å². The first-order valence-electron chi connectivity index (χ1n) is 9.75. The largest absolute Gasteiger partial charge is 0.493 e. The predicted molar refractivity (Wildman–Crippen MR) is 109 cm³/mol. The van der Waals surface area contributed by atoms with Crippen molar-refractivity contribution in [2.24, 2.45) is 0 Å². The van der Waals surface area contributed by atoms with Crippen molar-refractivity contribution < 1.29 is 9.47 Å². The zero-order chi connectivity index (χ0) is 18.6. The molecular weight excluding hydrogens is 322 g/mol. The van der Waals surface area contributed by atoms with Crippen LogP contribution in [0.15, 0.2) is 48.5 Å². The van der Waals surface area contributed by atoms with Crippen molar-refractivity contribution in [3.63, 3.8) is 0 Å². The highest BCUT2D eigenvalue weighted by Crippen LogP contribution is 2.32. The van der Waals surface area contributed by atoms with Gasteiger partial charge in [0.25, 0.3) is 0 Å². The fraction of sp³-hybridized carbons (Fsp3) is 0.478. The van der Waals surface area contributed by atoms with Crippen LogP contribution in [0.5, 0.6) is 11.5 Å². The van der Waals surface area contributed by atoms with E-state index >= 15 is 0 Å². The Morgan fingerprint density at radius 2 is 1.65 bits per heavy atom. The summed E-state index contributed by atoms with van der Waals surface area (Å²) in [5.74, 6) is 1.66. The molecule has 142 valence electrons. The third kappa shape index (κ3) is 6.72. The molecule has 3 nitrogen and oxygen atoms in total. The molecule has 0 radical (unpaired) electrons. The predicted octanol–water partition coefficient (Wildman–Crippen LogP) is 5.68. The lowest BCUT2D eigenvalue weighted by molar-refractivity contribution is 0.267. The second-order valence-electron chi connectivity index (χ2n) is 6.87. The van der Waals surface area contributed by atoms with Crippen LogP contribution in [0.3, 0.4) is 0 Å². The molecule has 0 bridgehead atoms. The highest BCUT2D eigenvalue weighted by Gasteiger charge is 2.12. The number of benzene rings is 2. The molecule has 0 fully saturated rings. The molecule has 3 heteroatoms. The van der Waals surface area contributed by atoms with E-state index in [9.17, 15) is 0 Å². The highest BCUT2D eigenvalue weighted by molar-refractivity contribution is 5.46. The molecule has 0 amide bonds. The van der Waals surface area contributed by atoms with Gasteiger partial charge in [0, 0.05) is 12.1 Å². The molecule has 0 N–H and O–H groups in total. The summed E-state index contributed by atoms with van der Waals surface area (Å²) >= 11 is 0. The van der Waals surface area contributed by atoms with Gasteiger partial charge < -0.3 is 14.4 Å². The summed E-state index contributed by atoms with van der Waals surface area (Å²) in [6.07, 6.45) is 6.54. The van der Waals surface area contributed by atoms with Crippen LogP contribution in [0.25, 0.3) is 0 Å². The summed E-state index contributed by atoms with van der Waals surface area (Å²) in [6, 6.07) is 16.4. The van der Waals surface area contributed by atoms with Crippen molar-refractivity contribution in [3.8, 4) is 11.5 Å². The van der Waals surface area contributed by atoms with Crippen LogP contribution >= 0.6 is 0 Å². The minimum absolute atomic E-state index is 0.551. The van der Waals surface area contributed by atoms with Gasteiger partial charge in [0.15, 0.2) is 11.5 Å². The normalized spacial score (nSPS) is 10.9. The molecule has 0 aliphatic heterocycles. The Hall–Kier alpha value is -2.00. The topological polar surface area (TPSA) is 21.7 Å². The second-order valence-corrected chi connectivity index (χ2v) is 6.87. The van der Waals surface area contributed by atoms with Crippen molar-refractivity contribution in [3.05, 3.63) is 59.7 Å². The van der Waals surface area contributed by atoms with E-state index in [1.54, 1.807) is 7.11 Å². The number of rotatable bonds is 12. The number of unbranched alkanes of at least 4 members (excludes halogenated alkanes) is 4. The Bertz CT molecular complexity index is 627. The minimum atomic E-state index is 0.551. The van der Waals surface area contributed by atoms with Crippen molar-refractivity contribution in [2.75, 3.05) is 20.7 Å². The van der Waals surface area contributed by atoms with Crippen LogP contribution in [-0.2, 0) is 13.2 Å². The van der Waals surface area contributed by atoms with E-state index in [0.717, 1.165) is 30.2 Å². The summed E-state index contributed by atoms with van der Waals surface area (Å²) in [5.41, 5.74) is 2.34. The van der Waals surface area contributed by atoms with Gasteiger partial charge in [-0.2, -0.15) is 0 Å². The minimum Gasteiger partial charge on any atom is -0.493 e. The molecular formula is C23H33NO2. The molecule has 2 aromatic carbocycles. The molecule has 0 spiro atoms. The third-order valence-electron chi connectivity index (χ3n) is 4.59. The first-order valence-corrected chi connectivity index (χ1v) is 9.75. The van der Waals surface area contributed by atoms with Crippen LogP contribution in [0.1, 0.15) is 50.2 Å². The third-order valence-corrected chi connectivity index (χ3v) is 4.59. The molecule has 0 aromatic heterocycles. The van der Waals surface area contributed by atoms with Gasteiger partial charge in [-0.1, -0.05) is 75.1 Å². The van der Waals surface area contributed by atoms with Crippen molar-refractivity contribution >= 4 is 0 Å². The SMILES string of the molecule is CCCCCCCN(C)Cc1cccc(OC)c1OCc1ccccc1. The molecule has 2 aromatic rings. The summed E-state index contributed by atoms with van der Waals surface area (Å²) in [6.45, 7) is 4.79. The van der Waals surface area contributed by atoms with Crippen molar-refractivity contribution in [2.45, 2.75) is 52.2 Å². The Labute approximate surface area is 158 Å². The summed E-state index contributed by atoms with van der Waals surface area (Å²) in [4.78, 5) is 2.37. The molecule has 0 aliphatic rings. The number of ether oxygens (including phenoxy) is 2. The van der Waals surface area contributed by atoms with Crippen LogP contribution in [-0.4, -0.2) is 25.6 Å². The van der Waals surface area contributed by atoms with Gasteiger partial charge >= 0.3 is 0 Å². The standard InChI is InChI=1S/C23H33NO2/c1-4-5-6-7-11-17-24(2)18-21-15-12-16-22(25-3)23(21)26-19-20-13-9-8-10-14-20/h8-10,12-16H,4-7,11,17-19H2,1-3H3. The summed E-state index contributed by atoms with van der Waals surface area (Å²) in [5, 5.41) is 0. The van der Waals surface area contributed by atoms with Gasteiger partial charge in [-0.15, -0.1) is 0 Å². The smallest absolute Gasteiger partial charge is 0.166 e. The van der Waals surface area contributed by atoms with E-state index in [0.29, 0.717) is 6.61 Å². The summed E-state index contributed by atoms with van der Waals surface area (Å²) < 4.78 is 11.7. The number of nitrogens with zero attached hydrogens (tertiary/aromatic N) is 1. The molecule has 0 aliphatic carbocycles. The van der Waals surface area contributed by atoms with E-state index in [1.807, 2.05) is 30.3 Å². The highest BCUT2D eigenvalue weighted by atomic mass is 16.5. The molecule has 2 rings (SSSR count). The van der Waals surface area contributed by atoms with E-state index < -0.39 is 0 Å². The zero-order valence-electron chi connectivity index (χ0n) is 16.5. The molecule has 0 saturated heterocycles. The van der Waals surface area contributed by atoms with E-state index in [-0.39, 0.29) is 0 Å². The fourth-order valence-corrected chi connectivity index (χ4v) is 3.10. The number of hydrogen-bond donors (Lipinski definition) is 0. The van der Waals surface area contributed by atoms with Gasteiger partial charge in [0.2, 0.25) is 0 Å². The van der Waals surface area contributed by atoms with Crippen LogP contribution < -0.4 is 9.47 Å². The Morgan fingerprint density at radius 3 is 2.38 bits per heavy atom. The molecule has 26 heavy (non-hydrogen) atoms. The Balaban J connectivity index is 1.96. The maximum absolute atomic E-state index is 6.15. The zero-order valence-corrected chi connectivity index (χ0v) is 16.5. The number of para-hydroxylation sites is 1. The van der Waals surface area contributed by atoms with Gasteiger partial charge in [-0.25, -0.2) is 0 Å². The van der Waals surface area contributed by atoms with Crippen LogP contribution in [0.4, 0.5) is 0 Å². The quantitative estimate of drug-likeness (QED) is 0.457. The maximum atomic E-state index is 6.15. The maximum Gasteiger partial charge on any atom is 0.166 e. The lowest BCUT2D eigenvalue weighted by atomic mass is 10.1. The average Bonchev–Trinajstić information content (AvgIpc) is 2.67. The molecule has 0 saturated carbocycles. The molecule has 0 atom stereocenters. The van der Waals surface area contributed by atoms with Gasteiger partial charge in [-0.05, 0) is 31.6 Å². The van der Waals surface area contributed by atoms with Crippen LogP contribution in [0.2, 0.25) is 0 Å². The Kier molecular flexibility index (Phi) is 9.05. The number of hydrogen-bond acceptors (Lipinski definition) is 3. The van der Waals surface area contributed by atoms with E-state index in [2.05, 4.69) is 37.1 Å². The summed E-state index contributed by atoms with van der Waals surface area (Å²) in [7, 11) is 3.88. The van der Waals surface area contributed by atoms with Crippen LogP contribution in [0, 0.1) is 0 Å². The van der Waals surface area contributed by atoms with Crippen molar-refractivity contribution in [1.29, 1.82) is 0 Å². The second kappa shape index (κ2) is 11.6. The van der Waals surface area contributed by atoms with Gasteiger partial charge in [0.05, 0.1) is 7.11 Å². The van der Waals surface area contributed by atoms with Gasteiger partial charge in [0.1, 0.15) is 6.61 Å². The van der Waals surface area contributed by atoms with Crippen molar-refractivity contribution in [1.82, 2.24) is 4.90 Å². The average molecular weight is 356 g/mol. The fourth-order valence-electron chi connectivity index (χ4n) is 3.10. The first kappa shape index (κ1) is 20.3. The lowest BCUT2D eigenvalue weighted by Crippen LogP contribution is -2.19. The lowest BCUT2D eigenvalue weighted by Gasteiger charge is -2.20. The molecule has 0 unspecified atom stereocenters. The molecule has 0 heterocycles. The van der Waals surface area contributed by atoms with E-state index in [1.165, 1.54) is 37.7 Å². The Morgan fingerprint density at radius 1 is 0.885 bits per heavy atom.